The second-order valence-corrected chi connectivity index (χ2v) is 32.1. The minimum atomic E-state index is -4.17. The molecule has 596 valence electrons. The molecule has 23 heteroatoms. The zero-order valence-electron chi connectivity index (χ0n) is 64.3. The molecular weight excluding hydrogens is 1490 g/mol. The zero-order chi connectivity index (χ0) is 79.9. The van der Waals surface area contributed by atoms with Crippen molar-refractivity contribution in [3.8, 4) is 17.2 Å². The molecule has 8 aromatic carbocycles. The van der Waals surface area contributed by atoms with E-state index in [9.17, 15) is 56.3 Å². The lowest BCUT2D eigenvalue weighted by Gasteiger charge is -2.35. The molecule has 3 unspecified atom stereocenters. The van der Waals surface area contributed by atoms with E-state index in [0.29, 0.717) is 137 Å². The SMILES string of the molecule is O=C1CCC(N2Cc3c(OCc4cccc(CN5CCC(c6ccc(Cl)cc6)CC5)c4)cccc3C2=O)C(=O)C1.O=C1CCC(N2Cc3c(OCc4cccc(CN5CCN(CC(F)(F)F)CC5)c4)cccc3C2=O)C(=O)C1.O=C1CCC(N2Cc3c(OCc4cccc(CN5CCc6ccccc6C5)c4)cccc3C2=O)C(=O)C1. The summed E-state index contributed by atoms with van der Waals surface area (Å²) in [6.07, 6.45) is 1.08. The third-order valence-electron chi connectivity index (χ3n) is 23.7. The summed E-state index contributed by atoms with van der Waals surface area (Å²) >= 11 is 6.06. The van der Waals surface area contributed by atoms with Crippen LogP contribution in [-0.4, -0.2) is 163 Å². The molecule has 115 heavy (non-hydrogen) atoms. The van der Waals surface area contributed by atoms with Crippen LogP contribution in [0.1, 0.15) is 174 Å². The highest BCUT2D eigenvalue weighted by molar-refractivity contribution is 6.30. The maximum absolute atomic E-state index is 13.1. The number of ketones is 6. The monoisotopic (exact) mass is 1580 g/mol. The summed E-state index contributed by atoms with van der Waals surface area (Å²) in [5.74, 6) is 1.30. The summed E-state index contributed by atoms with van der Waals surface area (Å²) in [7, 11) is 0. The highest BCUT2D eigenvalue weighted by Gasteiger charge is 2.44. The van der Waals surface area contributed by atoms with Gasteiger partial charge in [-0.2, -0.15) is 13.2 Å². The molecule has 5 fully saturated rings. The van der Waals surface area contributed by atoms with Gasteiger partial charge in [-0.3, -0.25) is 62.8 Å². The zero-order valence-corrected chi connectivity index (χ0v) is 65.1. The first-order valence-electron chi connectivity index (χ1n) is 40.0. The number of alkyl halides is 3. The number of rotatable bonds is 20. The van der Waals surface area contributed by atoms with Crippen LogP contribution in [0.2, 0.25) is 5.02 Å². The number of halogens is 4. The molecule has 0 aromatic heterocycles. The van der Waals surface area contributed by atoms with Crippen molar-refractivity contribution in [1.82, 2.24) is 34.3 Å². The third-order valence-corrected chi connectivity index (χ3v) is 23.9. The van der Waals surface area contributed by atoms with Crippen LogP contribution in [0, 0.1) is 0 Å². The van der Waals surface area contributed by atoms with Gasteiger partial charge in [0.15, 0.2) is 17.3 Å². The largest absolute Gasteiger partial charge is 0.489 e. The Balaban J connectivity index is 0.000000136. The van der Waals surface area contributed by atoms with E-state index >= 15 is 0 Å². The van der Waals surface area contributed by atoms with Crippen LogP contribution in [-0.2, 0) is 101 Å². The van der Waals surface area contributed by atoms with Crippen LogP contribution in [0.15, 0.2) is 176 Å². The molecule has 6 aliphatic heterocycles. The van der Waals surface area contributed by atoms with E-state index in [1.54, 1.807) is 39.0 Å². The molecule has 0 bridgehead atoms. The quantitative estimate of drug-likeness (QED) is 0.0651. The van der Waals surface area contributed by atoms with Gasteiger partial charge < -0.3 is 28.9 Å². The van der Waals surface area contributed by atoms with Crippen molar-refractivity contribution in [1.29, 1.82) is 0 Å². The molecule has 17 rings (SSSR count). The highest BCUT2D eigenvalue weighted by atomic mass is 35.5. The summed E-state index contributed by atoms with van der Waals surface area (Å²) in [4.78, 5) is 125. The maximum Gasteiger partial charge on any atom is 0.401 e. The van der Waals surface area contributed by atoms with E-state index in [0.717, 1.165) is 102 Å². The lowest BCUT2D eigenvalue weighted by molar-refractivity contribution is -0.149. The molecule has 6 heterocycles. The fourth-order valence-electron chi connectivity index (χ4n) is 17.6. The van der Waals surface area contributed by atoms with E-state index in [4.69, 9.17) is 25.8 Å². The molecule has 0 radical (unpaired) electrons. The molecule has 19 nitrogen and oxygen atoms in total. The van der Waals surface area contributed by atoms with Crippen LogP contribution < -0.4 is 14.2 Å². The van der Waals surface area contributed by atoms with Crippen LogP contribution in [0.5, 0.6) is 17.2 Å². The van der Waals surface area contributed by atoms with Gasteiger partial charge in [0.05, 0.1) is 63.6 Å². The van der Waals surface area contributed by atoms with Crippen molar-refractivity contribution in [2.75, 3.05) is 52.4 Å². The Morgan fingerprint density at radius 2 is 0.722 bits per heavy atom. The number of hydrogen-bond donors (Lipinski definition) is 0. The fraction of sp³-hybridized carbons (Fsp3) is 0.380. The maximum atomic E-state index is 13.1. The molecule has 3 atom stereocenters. The Morgan fingerprint density at radius 1 is 0.357 bits per heavy atom. The van der Waals surface area contributed by atoms with Gasteiger partial charge >= 0.3 is 6.18 Å². The molecule has 0 N–H and O–H groups in total. The van der Waals surface area contributed by atoms with Crippen LogP contribution in [0.3, 0.4) is 0 Å². The number of piperidine rings is 1. The number of Topliss-reactive ketones (excluding diaryl/α,β-unsaturated/α-hetero) is 6. The molecule has 2 saturated heterocycles. The van der Waals surface area contributed by atoms with Crippen molar-refractivity contribution in [3.63, 3.8) is 0 Å². The number of piperazine rings is 1. The normalized spacial score (nSPS) is 20.3. The predicted octanol–water partition coefficient (Wildman–Crippen LogP) is 14.0. The Bertz CT molecular complexity index is 5020. The fourth-order valence-corrected chi connectivity index (χ4v) is 17.8. The number of ether oxygens (including phenoxy) is 3. The third kappa shape index (κ3) is 19.4. The van der Waals surface area contributed by atoms with Gasteiger partial charge in [0, 0.05) is 117 Å². The molecule has 3 saturated carbocycles. The van der Waals surface area contributed by atoms with Crippen molar-refractivity contribution in [2.24, 2.45) is 0 Å². The van der Waals surface area contributed by atoms with Crippen molar-refractivity contribution < 1.29 is 70.5 Å². The van der Waals surface area contributed by atoms with E-state index in [1.807, 2.05) is 66.7 Å². The number of amides is 3. The average molecular weight is 1580 g/mol. The first kappa shape index (κ1) is 79.7. The first-order valence-corrected chi connectivity index (χ1v) is 40.4. The second kappa shape index (κ2) is 35.7. The summed E-state index contributed by atoms with van der Waals surface area (Å²) < 4.78 is 56.5. The van der Waals surface area contributed by atoms with Crippen molar-refractivity contribution in [3.05, 3.63) is 264 Å². The van der Waals surface area contributed by atoms with E-state index in [1.165, 1.54) is 32.7 Å². The van der Waals surface area contributed by atoms with Gasteiger partial charge in [-0.1, -0.05) is 139 Å². The van der Waals surface area contributed by atoms with Crippen molar-refractivity contribution in [2.45, 2.75) is 173 Å². The average Bonchev–Trinajstić information content (AvgIpc) is 1.64. The second-order valence-electron chi connectivity index (χ2n) is 31.7. The van der Waals surface area contributed by atoms with Gasteiger partial charge in [-0.05, 0) is 156 Å². The van der Waals surface area contributed by atoms with Crippen LogP contribution >= 0.6 is 11.6 Å². The van der Waals surface area contributed by atoms with Gasteiger partial charge in [0.1, 0.15) is 54.4 Å². The number of likely N-dealkylation sites (tertiary alicyclic amines) is 1. The van der Waals surface area contributed by atoms with Crippen LogP contribution in [0.4, 0.5) is 13.2 Å². The molecule has 9 aliphatic rings. The Labute approximate surface area is 672 Å². The number of hydrogen-bond acceptors (Lipinski definition) is 16. The number of carbonyl (C=O) groups is 9. The summed E-state index contributed by atoms with van der Waals surface area (Å²) in [5.41, 5.74) is 15.0. The molecule has 3 amide bonds. The highest BCUT2D eigenvalue weighted by Crippen LogP contribution is 2.40. The summed E-state index contributed by atoms with van der Waals surface area (Å²) in [5, 5.41) is 0.784. The Hall–Kier alpha value is -10.5. The minimum absolute atomic E-state index is 0.0400. The topological polar surface area (TPSA) is 204 Å². The van der Waals surface area contributed by atoms with E-state index in [-0.39, 0.29) is 84.8 Å². The van der Waals surface area contributed by atoms with Gasteiger partial charge in [-0.25, -0.2) is 0 Å². The molecular formula is C92H93ClF3N7O12. The smallest absolute Gasteiger partial charge is 0.401 e. The number of carbonyl (C=O) groups excluding carboxylic acids is 9. The lowest BCUT2D eigenvalue weighted by Crippen LogP contribution is -2.48. The van der Waals surface area contributed by atoms with Crippen molar-refractivity contribution >= 4 is 64.0 Å². The van der Waals surface area contributed by atoms with Gasteiger partial charge in [0.2, 0.25) is 0 Å². The Morgan fingerprint density at radius 3 is 1.12 bits per heavy atom. The summed E-state index contributed by atoms with van der Waals surface area (Å²) in [6.45, 7) is 9.69. The van der Waals surface area contributed by atoms with E-state index < -0.39 is 30.8 Å². The minimum Gasteiger partial charge on any atom is -0.489 e. The van der Waals surface area contributed by atoms with Crippen LogP contribution in [0.25, 0.3) is 0 Å². The Kier molecular flexibility index (Phi) is 24.8. The number of nitrogens with zero attached hydrogens (tertiary/aromatic N) is 7. The van der Waals surface area contributed by atoms with Gasteiger partial charge in [-0.15, -0.1) is 0 Å². The predicted molar refractivity (Wildman–Crippen MR) is 425 cm³/mol. The number of benzene rings is 8. The molecule has 8 aromatic rings. The lowest BCUT2D eigenvalue weighted by atomic mass is 9.89. The summed E-state index contributed by atoms with van der Waals surface area (Å²) in [6, 6.07) is 56.5. The first-order chi connectivity index (χ1) is 55.6. The number of fused-ring (bicyclic) bond motifs is 4. The standard InChI is InChI=1S/C33H33ClN2O4.C31H30N2O4.C28H30F3N3O4/c34-26-9-7-24(8-10-26)25-13-15-35(16-14-25)19-22-3-1-4-23(17-22)21-40-32-6-2-5-28-29(32)20-36(33(28)39)30-12-11-27(37)18-31(30)38;34-25-11-12-28(29(35)16-25)33-19-27-26(31(33)36)9-4-10-30(27)37-20-22-6-3-5-21(15-22)17-32-14-13-23-7-1-2-8-24(23)18-32;29-28(30,31)18-33-11-9-32(10-12-33)15-19-3-1-4-20(13-19)17-38-26-6-2-5-22-23(26)16-34(27(22)37)24-8-7-21(35)14-25(24)36/h1-10,17,25,30H,11-16,18-21H2;1-10,15,28H,11-14,16-20H2;1-6,13,24H,7-12,14-18H2. The molecule has 3 aliphatic carbocycles. The van der Waals surface area contributed by atoms with Gasteiger partial charge in [0.25, 0.3) is 17.7 Å². The van der Waals surface area contributed by atoms with E-state index in [2.05, 4.69) is 99.6 Å². The molecule has 0 spiro atoms.